The third kappa shape index (κ3) is 3.90. The molecule has 21 heavy (non-hydrogen) atoms. The molecule has 1 fully saturated rings. The van der Waals surface area contributed by atoms with Gasteiger partial charge in [0.15, 0.2) is 0 Å². The molecule has 7 nitrogen and oxygen atoms in total. The third-order valence-electron chi connectivity index (χ3n) is 3.54. The van der Waals surface area contributed by atoms with Crippen LogP contribution in [0, 0.1) is 0 Å². The fraction of sp³-hybridized carbons (Fsp3) is 0.692. The van der Waals surface area contributed by atoms with Gasteiger partial charge < -0.3 is 10.1 Å². The van der Waals surface area contributed by atoms with Gasteiger partial charge in [-0.25, -0.2) is 18.4 Å². The minimum absolute atomic E-state index is 0.0263. The van der Waals surface area contributed by atoms with Crippen LogP contribution in [0.25, 0.3) is 0 Å². The number of anilines is 1. The van der Waals surface area contributed by atoms with Crippen LogP contribution in [0.5, 0.6) is 0 Å². The largest absolute Gasteiger partial charge is 0.381 e. The molecule has 0 atom stereocenters. The van der Waals surface area contributed by atoms with Crippen LogP contribution < -0.4 is 5.32 Å². The van der Waals surface area contributed by atoms with E-state index in [1.165, 1.54) is 16.7 Å². The van der Waals surface area contributed by atoms with Crippen molar-refractivity contribution in [3.8, 4) is 0 Å². The number of aromatic nitrogens is 2. The number of nitrogens with zero attached hydrogens (tertiary/aromatic N) is 3. The Bertz CT molecular complexity index is 541. The van der Waals surface area contributed by atoms with Gasteiger partial charge in [-0.15, -0.1) is 0 Å². The van der Waals surface area contributed by atoms with Crippen LogP contribution in [-0.4, -0.2) is 55.5 Å². The first-order valence-corrected chi connectivity index (χ1v) is 8.61. The number of hydrogen-bond acceptors (Lipinski definition) is 6. The molecule has 1 aliphatic heterocycles. The molecule has 8 heteroatoms. The minimum Gasteiger partial charge on any atom is -0.381 e. The zero-order valence-electron chi connectivity index (χ0n) is 12.4. The Morgan fingerprint density at radius 1 is 1.33 bits per heavy atom. The zero-order valence-corrected chi connectivity index (χ0v) is 13.3. The third-order valence-corrected chi connectivity index (χ3v) is 5.41. The average Bonchev–Trinajstić information content (AvgIpc) is 2.53. The Morgan fingerprint density at radius 2 is 1.95 bits per heavy atom. The Labute approximate surface area is 125 Å². The normalized spacial score (nSPS) is 17.1. The predicted octanol–water partition coefficient (Wildman–Crippen LogP) is 1.10. The van der Waals surface area contributed by atoms with Gasteiger partial charge in [0.25, 0.3) is 0 Å². The molecule has 1 aromatic rings. The summed E-state index contributed by atoms with van der Waals surface area (Å²) in [6, 6.07) is -0.0263. The van der Waals surface area contributed by atoms with Crippen LogP contribution in [-0.2, 0) is 14.8 Å². The van der Waals surface area contributed by atoms with E-state index < -0.39 is 10.0 Å². The molecule has 0 unspecified atom stereocenters. The first kappa shape index (κ1) is 16.1. The molecule has 0 spiro atoms. The summed E-state index contributed by atoms with van der Waals surface area (Å²) >= 11 is 0. The molecule has 1 N–H and O–H groups in total. The lowest BCUT2D eigenvalue weighted by atomic mass is 10.1. The van der Waals surface area contributed by atoms with Gasteiger partial charge in [0.2, 0.25) is 16.0 Å². The second kappa shape index (κ2) is 7.15. The molecular formula is C13H22N4O3S. The van der Waals surface area contributed by atoms with E-state index in [2.05, 4.69) is 15.3 Å². The van der Waals surface area contributed by atoms with Gasteiger partial charge in [-0.3, -0.25) is 0 Å². The van der Waals surface area contributed by atoms with Crippen LogP contribution >= 0.6 is 0 Å². The molecule has 0 aliphatic carbocycles. The first-order chi connectivity index (χ1) is 10.1. The van der Waals surface area contributed by atoms with Crippen LogP contribution in [0.1, 0.15) is 26.2 Å². The molecule has 2 rings (SSSR count). The lowest BCUT2D eigenvalue weighted by molar-refractivity contribution is 0.0632. The second-order valence-electron chi connectivity index (χ2n) is 5.03. The lowest BCUT2D eigenvalue weighted by Crippen LogP contribution is -2.40. The molecule has 1 aromatic heterocycles. The van der Waals surface area contributed by atoms with Crippen molar-refractivity contribution in [1.82, 2.24) is 14.3 Å². The van der Waals surface area contributed by atoms with E-state index in [9.17, 15) is 8.42 Å². The van der Waals surface area contributed by atoms with Crippen LogP contribution in [0.3, 0.4) is 0 Å². The first-order valence-electron chi connectivity index (χ1n) is 7.17. The van der Waals surface area contributed by atoms with Crippen molar-refractivity contribution in [2.24, 2.45) is 0 Å². The molecule has 0 aromatic carbocycles. The van der Waals surface area contributed by atoms with Gasteiger partial charge >= 0.3 is 0 Å². The summed E-state index contributed by atoms with van der Waals surface area (Å²) in [6.07, 6.45) is 5.10. The Morgan fingerprint density at radius 3 is 2.52 bits per heavy atom. The maximum absolute atomic E-state index is 12.5. The van der Waals surface area contributed by atoms with Gasteiger partial charge in [0, 0.05) is 32.8 Å². The zero-order chi connectivity index (χ0) is 15.3. The van der Waals surface area contributed by atoms with Crippen molar-refractivity contribution in [2.75, 3.05) is 32.1 Å². The van der Waals surface area contributed by atoms with E-state index in [0.29, 0.717) is 32.0 Å². The Hall–Kier alpha value is -1.25. The van der Waals surface area contributed by atoms with Crippen molar-refractivity contribution in [3.05, 3.63) is 12.4 Å². The van der Waals surface area contributed by atoms with E-state index in [-0.39, 0.29) is 10.9 Å². The van der Waals surface area contributed by atoms with Gasteiger partial charge in [-0.05, 0) is 19.3 Å². The summed E-state index contributed by atoms with van der Waals surface area (Å²) in [7, 11) is -1.95. The average molecular weight is 314 g/mol. The van der Waals surface area contributed by atoms with Crippen molar-refractivity contribution < 1.29 is 13.2 Å². The molecule has 0 radical (unpaired) electrons. The number of ether oxygens (including phenoxy) is 1. The highest BCUT2D eigenvalue weighted by Gasteiger charge is 2.29. The van der Waals surface area contributed by atoms with Crippen molar-refractivity contribution in [1.29, 1.82) is 0 Å². The smallest absolute Gasteiger partial charge is 0.246 e. The van der Waals surface area contributed by atoms with E-state index in [4.69, 9.17) is 4.74 Å². The van der Waals surface area contributed by atoms with Gasteiger partial charge in [-0.1, -0.05) is 6.92 Å². The maximum atomic E-state index is 12.5. The summed E-state index contributed by atoms with van der Waals surface area (Å²) in [6.45, 7) is 3.99. The molecular weight excluding hydrogens is 292 g/mol. The van der Waals surface area contributed by atoms with Crippen LogP contribution in [0.15, 0.2) is 17.3 Å². The van der Waals surface area contributed by atoms with Crippen molar-refractivity contribution in [3.63, 3.8) is 0 Å². The summed E-state index contributed by atoms with van der Waals surface area (Å²) in [5, 5.41) is 3.02. The standard InChI is InChI=1S/C13H22N4O3S/c1-3-6-14-13-15-9-12(10-16-13)21(18,19)17(2)11-4-7-20-8-5-11/h9-11H,3-8H2,1-2H3,(H,14,15,16). The highest BCUT2D eigenvalue weighted by Crippen LogP contribution is 2.21. The summed E-state index contributed by atoms with van der Waals surface area (Å²) in [4.78, 5) is 8.24. The second-order valence-corrected chi connectivity index (χ2v) is 7.03. The summed E-state index contributed by atoms with van der Waals surface area (Å²) in [5.74, 6) is 0.449. The summed E-state index contributed by atoms with van der Waals surface area (Å²) < 4.78 is 31.8. The molecule has 118 valence electrons. The van der Waals surface area contributed by atoms with Gasteiger partial charge in [-0.2, -0.15) is 4.31 Å². The van der Waals surface area contributed by atoms with E-state index in [0.717, 1.165) is 13.0 Å². The topological polar surface area (TPSA) is 84.4 Å². The molecule has 0 bridgehead atoms. The van der Waals surface area contributed by atoms with Crippen molar-refractivity contribution >= 4 is 16.0 Å². The molecule has 0 saturated carbocycles. The quantitative estimate of drug-likeness (QED) is 0.846. The number of sulfonamides is 1. The fourth-order valence-corrected chi connectivity index (χ4v) is 3.50. The Kier molecular flexibility index (Phi) is 5.49. The fourth-order valence-electron chi connectivity index (χ4n) is 2.19. The monoisotopic (exact) mass is 314 g/mol. The minimum atomic E-state index is -3.55. The molecule has 2 heterocycles. The number of rotatable bonds is 6. The van der Waals surface area contributed by atoms with Crippen LogP contribution in [0.2, 0.25) is 0 Å². The summed E-state index contributed by atoms with van der Waals surface area (Å²) in [5.41, 5.74) is 0. The number of nitrogens with one attached hydrogen (secondary N) is 1. The van der Waals surface area contributed by atoms with Crippen molar-refractivity contribution in [2.45, 2.75) is 37.1 Å². The molecule has 1 saturated heterocycles. The highest BCUT2D eigenvalue weighted by molar-refractivity contribution is 7.89. The van der Waals surface area contributed by atoms with E-state index in [1.807, 2.05) is 6.92 Å². The van der Waals surface area contributed by atoms with E-state index >= 15 is 0 Å². The van der Waals surface area contributed by atoms with Gasteiger partial charge in [0.05, 0.1) is 12.4 Å². The number of hydrogen-bond donors (Lipinski definition) is 1. The predicted molar refractivity (Wildman–Crippen MR) is 79.6 cm³/mol. The highest BCUT2D eigenvalue weighted by atomic mass is 32.2. The van der Waals surface area contributed by atoms with E-state index in [1.54, 1.807) is 7.05 Å². The Balaban J connectivity index is 2.10. The molecule has 1 aliphatic rings. The van der Waals surface area contributed by atoms with Crippen LogP contribution in [0.4, 0.5) is 5.95 Å². The molecule has 0 amide bonds. The SMILES string of the molecule is CCCNc1ncc(S(=O)(=O)N(C)C2CCOCC2)cn1. The maximum Gasteiger partial charge on any atom is 0.246 e. The lowest BCUT2D eigenvalue weighted by Gasteiger charge is -2.30. The van der Waals surface area contributed by atoms with Gasteiger partial charge in [0.1, 0.15) is 4.90 Å².